The fraction of sp³-hybridized carbons (Fsp3) is 0.471. The lowest BCUT2D eigenvalue weighted by Gasteiger charge is -2.29. The van der Waals surface area contributed by atoms with Gasteiger partial charge in [-0.05, 0) is 18.6 Å². The van der Waals surface area contributed by atoms with Crippen molar-refractivity contribution in [2.75, 3.05) is 39.4 Å². The van der Waals surface area contributed by atoms with Gasteiger partial charge in [0.25, 0.3) is 5.91 Å². The van der Waals surface area contributed by atoms with Gasteiger partial charge in [0, 0.05) is 12.4 Å². The zero-order chi connectivity index (χ0) is 17.1. The number of nitrogens with one attached hydrogen (secondary N) is 1. The van der Waals surface area contributed by atoms with Gasteiger partial charge in [-0.3, -0.25) is 14.6 Å². The summed E-state index contributed by atoms with van der Waals surface area (Å²) in [6.07, 6.45) is 3.27. The third kappa shape index (κ3) is 3.18. The molecule has 0 spiro atoms. The fourth-order valence-electron chi connectivity index (χ4n) is 3.32. The molecule has 0 unspecified atom stereocenters. The van der Waals surface area contributed by atoms with Gasteiger partial charge in [0.2, 0.25) is 0 Å². The lowest BCUT2D eigenvalue weighted by molar-refractivity contribution is -0.907. The molecule has 2 aliphatic rings. The first-order valence-corrected chi connectivity index (χ1v) is 8.16. The normalized spacial score (nSPS) is 22.3. The first-order chi connectivity index (χ1) is 11.6. The Balaban J connectivity index is 1.83. The van der Waals surface area contributed by atoms with Crippen molar-refractivity contribution in [2.24, 2.45) is 0 Å². The van der Waals surface area contributed by atoms with Crippen LogP contribution in [-0.4, -0.2) is 66.1 Å². The number of aliphatic hydroxyl groups excluding tert-OH is 1. The second kappa shape index (κ2) is 7.11. The highest BCUT2D eigenvalue weighted by molar-refractivity contribution is 6.08. The van der Waals surface area contributed by atoms with Gasteiger partial charge in [-0.2, -0.15) is 0 Å². The molecule has 2 aliphatic heterocycles. The smallest absolute Gasteiger partial charge is 0.290 e. The molecule has 1 amide bonds. The molecule has 1 aromatic heterocycles. The molecule has 0 radical (unpaired) electrons. The topological polar surface area (TPSA) is 84.2 Å². The van der Waals surface area contributed by atoms with Crippen LogP contribution in [0.3, 0.4) is 0 Å². The first-order valence-electron chi connectivity index (χ1n) is 8.16. The predicted octanol–water partition coefficient (Wildman–Crippen LogP) is -0.719. The highest BCUT2D eigenvalue weighted by atomic mass is 16.5. The van der Waals surface area contributed by atoms with E-state index in [-0.39, 0.29) is 11.4 Å². The van der Waals surface area contributed by atoms with Gasteiger partial charge < -0.3 is 19.6 Å². The maximum Gasteiger partial charge on any atom is 0.290 e. The number of aromatic nitrogens is 1. The minimum Gasteiger partial charge on any atom is -0.503 e. The van der Waals surface area contributed by atoms with Crippen LogP contribution in [0.25, 0.3) is 0 Å². The quantitative estimate of drug-likeness (QED) is 0.744. The average Bonchev–Trinajstić information content (AvgIpc) is 2.86. The number of rotatable bonds is 5. The van der Waals surface area contributed by atoms with Gasteiger partial charge in [0.15, 0.2) is 11.5 Å². The van der Waals surface area contributed by atoms with E-state index in [1.807, 2.05) is 6.07 Å². The number of morpholine rings is 1. The van der Waals surface area contributed by atoms with Crippen LogP contribution in [0, 0.1) is 0 Å². The number of aliphatic hydroxyl groups is 1. The van der Waals surface area contributed by atoms with Crippen molar-refractivity contribution >= 4 is 11.7 Å². The second-order valence-corrected chi connectivity index (χ2v) is 6.12. The van der Waals surface area contributed by atoms with Crippen molar-refractivity contribution in [2.45, 2.75) is 13.0 Å². The Morgan fingerprint density at radius 2 is 2.21 bits per heavy atom. The summed E-state index contributed by atoms with van der Waals surface area (Å²) in [5.41, 5.74) is 0.891. The van der Waals surface area contributed by atoms with Crippen LogP contribution >= 0.6 is 0 Å². The van der Waals surface area contributed by atoms with Crippen molar-refractivity contribution in [3.05, 3.63) is 41.4 Å². The molecule has 3 rings (SSSR count). The van der Waals surface area contributed by atoms with E-state index in [0.29, 0.717) is 6.54 Å². The Bertz CT molecular complexity index is 653. The number of ether oxygens (including phenoxy) is 1. The Morgan fingerprint density at radius 1 is 1.46 bits per heavy atom. The van der Waals surface area contributed by atoms with Gasteiger partial charge in [-0.25, -0.2) is 0 Å². The summed E-state index contributed by atoms with van der Waals surface area (Å²) in [5.74, 6) is -1.22. The highest BCUT2D eigenvalue weighted by Crippen LogP contribution is 2.36. The molecular formula is C17H22N3O4+. The number of nitrogens with zero attached hydrogens (tertiary/aromatic N) is 2. The number of quaternary nitrogens is 1. The zero-order valence-corrected chi connectivity index (χ0v) is 13.7. The van der Waals surface area contributed by atoms with Crippen molar-refractivity contribution in [3.8, 4) is 0 Å². The molecule has 0 saturated carbocycles. The van der Waals surface area contributed by atoms with Crippen LogP contribution in [-0.2, 0) is 14.3 Å². The molecule has 1 atom stereocenters. The molecule has 1 fully saturated rings. The standard InChI is InChI=1S/C17H21N3O4/c1-12(21)14-15(13-3-2-4-18-11-13)20(17(23)16(14)22)6-5-19-7-9-24-10-8-19/h2-4,11,15,22H,5-10H2,1H3/p+1/t15-/m1/s1. The maximum absolute atomic E-state index is 12.5. The molecule has 128 valence electrons. The SMILES string of the molecule is CC(=O)C1=C(O)C(=O)N(CC[NH+]2CCOCC2)[C@@H]1c1cccnc1. The summed E-state index contributed by atoms with van der Waals surface area (Å²) >= 11 is 0. The summed E-state index contributed by atoms with van der Waals surface area (Å²) in [6.45, 7) is 5.84. The number of ketones is 1. The van der Waals surface area contributed by atoms with E-state index in [9.17, 15) is 14.7 Å². The Morgan fingerprint density at radius 3 is 2.83 bits per heavy atom. The van der Waals surface area contributed by atoms with E-state index in [4.69, 9.17) is 4.74 Å². The van der Waals surface area contributed by atoms with Gasteiger partial charge in [-0.15, -0.1) is 0 Å². The average molecular weight is 332 g/mol. The molecule has 0 aliphatic carbocycles. The molecule has 1 saturated heterocycles. The van der Waals surface area contributed by atoms with Crippen LogP contribution in [0.5, 0.6) is 0 Å². The minimum atomic E-state index is -0.566. The molecule has 2 N–H and O–H groups in total. The van der Waals surface area contributed by atoms with E-state index >= 15 is 0 Å². The van der Waals surface area contributed by atoms with Crippen molar-refractivity contribution in [1.29, 1.82) is 0 Å². The van der Waals surface area contributed by atoms with Crippen LogP contribution in [0.1, 0.15) is 18.5 Å². The molecule has 7 nitrogen and oxygen atoms in total. The third-order valence-electron chi connectivity index (χ3n) is 4.59. The van der Waals surface area contributed by atoms with Crippen LogP contribution in [0.4, 0.5) is 0 Å². The third-order valence-corrected chi connectivity index (χ3v) is 4.59. The number of carbonyl (C=O) groups is 2. The van der Waals surface area contributed by atoms with Crippen LogP contribution in [0.2, 0.25) is 0 Å². The summed E-state index contributed by atoms with van der Waals surface area (Å²) in [5, 5.41) is 10.2. The van der Waals surface area contributed by atoms with E-state index < -0.39 is 17.7 Å². The van der Waals surface area contributed by atoms with Crippen molar-refractivity contribution in [3.63, 3.8) is 0 Å². The Kier molecular flexibility index (Phi) is 4.92. The van der Waals surface area contributed by atoms with Gasteiger partial charge in [0.05, 0.1) is 37.9 Å². The first kappa shape index (κ1) is 16.6. The maximum atomic E-state index is 12.5. The van der Waals surface area contributed by atoms with Gasteiger partial charge >= 0.3 is 0 Å². The van der Waals surface area contributed by atoms with Crippen LogP contribution < -0.4 is 4.90 Å². The number of pyridine rings is 1. The number of carbonyl (C=O) groups excluding carboxylic acids is 2. The molecule has 0 bridgehead atoms. The molecule has 0 aromatic carbocycles. The van der Waals surface area contributed by atoms with Crippen molar-refractivity contribution in [1.82, 2.24) is 9.88 Å². The number of Topliss-reactive ketones (excluding diaryl/α,β-unsaturated/α-hetero) is 1. The van der Waals surface area contributed by atoms with E-state index in [2.05, 4.69) is 4.98 Å². The number of hydrogen-bond donors (Lipinski definition) is 2. The summed E-state index contributed by atoms with van der Waals surface area (Å²) in [4.78, 5) is 31.5. The van der Waals surface area contributed by atoms with E-state index in [0.717, 1.165) is 38.4 Å². The predicted molar refractivity (Wildman–Crippen MR) is 85.4 cm³/mol. The van der Waals surface area contributed by atoms with Crippen LogP contribution in [0.15, 0.2) is 35.9 Å². The Labute approximate surface area is 140 Å². The molecule has 7 heteroatoms. The second-order valence-electron chi connectivity index (χ2n) is 6.12. The lowest BCUT2D eigenvalue weighted by atomic mass is 9.98. The minimum absolute atomic E-state index is 0.157. The van der Waals surface area contributed by atoms with E-state index in [1.165, 1.54) is 11.8 Å². The summed E-state index contributed by atoms with van der Waals surface area (Å²) in [7, 11) is 0. The highest BCUT2D eigenvalue weighted by Gasteiger charge is 2.42. The fourth-order valence-corrected chi connectivity index (χ4v) is 3.32. The Hall–Kier alpha value is -2.25. The van der Waals surface area contributed by atoms with E-state index in [1.54, 1.807) is 23.4 Å². The summed E-state index contributed by atoms with van der Waals surface area (Å²) in [6, 6.07) is 3.02. The summed E-state index contributed by atoms with van der Waals surface area (Å²) < 4.78 is 5.35. The lowest BCUT2D eigenvalue weighted by Crippen LogP contribution is -3.14. The van der Waals surface area contributed by atoms with Gasteiger partial charge in [0.1, 0.15) is 13.1 Å². The molecule has 1 aromatic rings. The number of hydrogen-bond acceptors (Lipinski definition) is 5. The molecule has 3 heterocycles. The molecular weight excluding hydrogens is 310 g/mol. The molecule has 24 heavy (non-hydrogen) atoms. The van der Waals surface area contributed by atoms with Gasteiger partial charge in [-0.1, -0.05) is 6.07 Å². The largest absolute Gasteiger partial charge is 0.503 e. The zero-order valence-electron chi connectivity index (χ0n) is 13.7. The van der Waals surface area contributed by atoms with Crippen molar-refractivity contribution < 1.29 is 24.3 Å². The number of amides is 1. The monoisotopic (exact) mass is 332 g/mol.